The van der Waals surface area contributed by atoms with Crippen molar-refractivity contribution in [2.24, 2.45) is 0 Å². The fraction of sp³-hybridized carbons (Fsp3) is 0.368. The third-order valence-corrected chi connectivity index (χ3v) is 4.43. The van der Waals surface area contributed by atoms with Crippen LogP contribution in [0.25, 0.3) is 0 Å². The summed E-state index contributed by atoms with van der Waals surface area (Å²) in [7, 11) is 1.57. The van der Waals surface area contributed by atoms with Crippen molar-refractivity contribution in [3.05, 3.63) is 57.6 Å². The van der Waals surface area contributed by atoms with Gasteiger partial charge >= 0.3 is 0 Å². The van der Waals surface area contributed by atoms with Crippen LogP contribution in [0, 0.1) is 0 Å². The monoisotopic (exact) mass is 419 g/mol. The van der Waals surface area contributed by atoms with Gasteiger partial charge in [0.15, 0.2) is 11.5 Å². The van der Waals surface area contributed by atoms with E-state index in [1.54, 1.807) is 7.11 Å². The number of aliphatic hydroxyl groups excluding tert-OH is 1. The Hall–Kier alpha value is -1.17. The van der Waals surface area contributed by atoms with Gasteiger partial charge in [-0.2, -0.15) is 0 Å². The summed E-state index contributed by atoms with van der Waals surface area (Å²) in [5, 5.41) is 13.7. The lowest BCUT2D eigenvalue weighted by Gasteiger charge is -2.24. The predicted molar refractivity (Wildman–Crippen MR) is 109 cm³/mol. The number of aliphatic hydroxyl groups is 1. The topological polar surface area (TPSA) is 50.7 Å². The van der Waals surface area contributed by atoms with Crippen LogP contribution in [0.4, 0.5) is 0 Å². The number of rotatable bonds is 8. The van der Waals surface area contributed by atoms with Crippen LogP contribution >= 0.6 is 35.6 Å². The first kappa shape index (κ1) is 22.9. The lowest BCUT2D eigenvalue weighted by molar-refractivity contribution is 0.187. The molecule has 0 aliphatic heterocycles. The normalized spacial score (nSPS) is 11.0. The first-order valence-electron chi connectivity index (χ1n) is 7.95. The van der Waals surface area contributed by atoms with Crippen LogP contribution in [0.2, 0.25) is 10.0 Å². The molecule has 0 amide bonds. The largest absolute Gasteiger partial charge is 0.493 e. The number of hydrogen-bond donors (Lipinski definition) is 2. The van der Waals surface area contributed by atoms with Crippen LogP contribution < -0.4 is 14.8 Å². The van der Waals surface area contributed by atoms with Gasteiger partial charge in [0.1, 0.15) is 6.61 Å². The van der Waals surface area contributed by atoms with Crippen molar-refractivity contribution in [2.45, 2.75) is 32.5 Å². The van der Waals surface area contributed by atoms with Crippen LogP contribution in [0.5, 0.6) is 11.5 Å². The molecule has 0 aliphatic rings. The number of nitrogens with one attached hydrogen (secondary N) is 1. The van der Waals surface area contributed by atoms with E-state index in [2.05, 4.69) is 5.32 Å². The van der Waals surface area contributed by atoms with Gasteiger partial charge in [-0.3, -0.25) is 0 Å². The van der Waals surface area contributed by atoms with E-state index >= 15 is 0 Å². The van der Waals surface area contributed by atoms with Crippen molar-refractivity contribution in [1.82, 2.24) is 5.32 Å². The molecule has 0 fully saturated rings. The lowest BCUT2D eigenvalue weighted by atomic mass is 10.1. The third kappa shape index (κ3) is 6.22. The van der Waals surface area contributed by atoms with Crippen LogP contribution in [-0.2, 0) is 13.2 Å². The summed E-state index contributed by atoms with van der Waals surface area (Å²) in [6, 6.07) is 11.2. The van der Waals surface area contributed by atoms with Crippen molar-refractivity contribution in [3.63, 3.8) is 0 Å². The minimum atomic E-state index is -0.376. The first-order valence-corrected chi connectivity index (χ1v) is 8.70. The lowest BCUT2D eigenvalue weighted by Crippen LogP contribution is -2.42. The van der Waals surface area contributed by atoms with Crippen molar-refractivity contribution in [2.75, 3.05) is 13.7 Å². The van der Waals surface area contributed by atoms with Gasteiger partial charge in [0, 0.05) is 22.7 Å². The van der Waals surface area contributed by atoms with Gasteiger partial charge < -0.3 is 19.9 Å². The minimum absolute atomic E-state index is 0. The van der Waals surface area contributed by atoms with Crippen molar-refractivity contribution in [3.8, 4) is 11.5 Å². The molecule has 7 heteroatoms. The Kier molecular flexibility index (Phi) is 9.01. The summed E-state index contributed by atoms with van der Waals surface area (Å²) >= 11 is 12.5. The molecule has 144 valence electrons. The molecule has 0 aromatic heterocycles. The highest BCUT2D eigenvalue weighted by atomic mass is 35.5. The smallest absolute Gasteiger partial charge is 0.180 e. The summed E-state index contributed by atoms with van der Waals surface area (Å²) < 4.78 is 11.3. The number of methoxy groups -OCH3 is 1. The molecule has 0 saturated carbocycles. The zero-order valence-corrected chi connectivity index (χ0v) is 17.3. The minimum Gasteiger partial charge on any atom is -0.493 e. The van der Waals surface area contributed by atoms with E-state index < -0.39 is 0 Å². The maximum Gasteiger partial charge on any atom is 0.180 e. The van der Waals surface area contributed by atoms with E-state index in [0.29, 0.717) is 34.7 Å². The van der Waals surface area contributed by atoms with Gasteiger partial charge in [-0.15, -0.1) is 12.4 Å². The highest BCUT2D eigenvalue weighted by Gasteiger charge is 2.17. The molecule has 2 N–H and O–H groups in total. The average Bonchev–Trinajstić information content (AvgIpc) is 2.60. The Morgan fingerprint density at radius 2 is 1.81 bits per heavy atom. The van der Waals surface area contributed by atoms with E-state index in [9.17, 15) is 5.11 Å². The van der Waals surface area contributed by atoms with E-state index in [-0.39, 0.29) is 24.6 Å². The van der Waals surface area contributed by atoms with Gasteiger partial charge in [-0.1, -0.05) is 41.4 Å². The molecule has 4 nitrogen and oxygen atoms in total. The number of halogens is 3. The van der Waals surface area contributed by atoms with Crippen molar-refractivity contribution >= 4 is 35.6 Å². The van der Waals surface area contributed by atoms with Crippen LogP contribution in [-0.4, -0.2) is 24.4 Å². The molecule has 0 unspecified atom stereocenters. The molecular weight excluding hydrogens is 397 g/mol. The van der Waals surface area contributed by atoms with Crippen LogP contribution in [0.1, 0.15) is 25.0 Å². The predicted octanol–water partition coefficient (Wildman–Crippen LogP) is 4.86. The summed E-state index contributed by atoms with van der Waals surface area (Å²) in [5.41, 5.74) is 1.44. The van der Waals surface area contributed by atoms with Crippen LogP contribution in [0.15, 0.2) is 36.4 Å². The molecule has 0 atom stereocenters. The molecule has 0 aliphatic carbocycles. The molecule has 2 aromatic carbocycles. The summed E-state index contributed by atoms with van der Waals surface area (Å²) in [4.78, 5) is 0. The maximum absolute atomic E-state index is 9.33. The molecular formula is C19H24Cl3NO3. The molecule has 2 rings (SSSR count). The fourth-order valence-electron chi connectivity index (χ4n) is 2.18. The molecule has 0 heterocycles. The summed E-state index contributed by atoms with van der Waals surface area (Å²) in [6.07, 6.45) is 0. The zero-order chi connectivity index (χ0) is 18.4. The maximum atomic E-state index is 9.33. The quantitative estimate of drug-likeness (QED) is 0.640. The van der Waals surface area contributed by atoms with Crippen molar-refractivity contribution < 1.29 is 14.6 Å². The second kappa shape index (κ2) is 10.2. The summed E-state index contributed by atoms with van der Waals surface area (Å²) in [5.74, 6) is 1.03. The Bertz CT molecular complexity index is 723. The van der Waals surface area contributed by atoms with Gasteiger partial charge in [0.25, 0.3) is 0 Å². The van der Waals surface area contributed by atoms with Gasteiger partial charge in [0.2, 0.25) is 0 Å². The van der Waals surface area contributed by atoms with Gasteiger partial charge in [-0.25, -0.2) is 0 Å². The molecule has 0 bridgehead atoms. The van der Waals surface area contributed by atoms with E-state index in [0.717, 1.165) is 11.1 Å². The molecule has 2 aromatic rings. The summed E-state index contributed by atoms with van der Waals surface area (Å²) in [6.45, 7) is 4.73. The van der Waals surface area contributed by atoms with Gasteiger partial charge in [0.05, 0.1) is 18.7 Å². The Morgan fingerprint density at radius 1 is 1.12 bits per heavy atom. The van der Waals surface area contributed by atoms with E-state index in [1.165, 1.54) is 0 Å². The third-order valence-electron chi connectivity index (χ3n) is 3.79. The number of hydrogen-bond acceptors (Lipinski definition) is 4. The Balaban J connectivity index is 0.00000338. The van der Waals surface area contributed by atoms with E-state index in [1.807, 2.05) is 50.2 Å². The molecule has 0 radical (unpaired) electrons. The Morgan fingerprint density at radius 3 is 2.42 bits per heavy atom. The standard InChI is InChI=1S/C19H23Cl2NO3.ClH/c1-19(2,12-23)22-10-13-8-16(21)18(17(9-13)24-3)25-11-14-6-4-5-7-15(14)20;/h4-9,22-23H,10-12H2,1-3H3;1H. The van der Waals surface area contributed by atoms with Crippen LogP contribution in [0.3, 0.4) is 0 Å². The SMILES string of the molecule is COc1cc(CNC(C)(C)CO)cc(Cl)c1OCc1ccccc1Cl.Cl. The zero-order valence-electron chi connectivity index (χ0n) is 15.0. The molecule has 0 saturated heterocycles. The second-order valence-electron chi connectivity index (χ2n) is 6.38. The fourth-order valence-corrected chi connectivity index (χ4v) is 2.66. The van der Waals surface area contributed by atoms with Gasteiger partial charge in [-0.05, 0) is 37.6 Å². The number of ether oxygens (including phenoxy) is 2. The highest BCUT2D eigenvalue weighted by molar-refractivity contribution is 6.32. The molecule has 0 spiro atoms. The Labute approximate surface area is 170 Å². The first-order chi connectivity index (χ1) is 11.9. The second-order valence-corrected chi connectivity index (χ2v) is 7.20. The molecule has 26 heavy (non-hydrogen) atoms. The van der Waals surface area contributed by atoms with E-state index in [4.69, 9.17) is 32.7 Å². The van der Waals surface area contributed by atoms with Crippen molar-refractivity contribution in [1.29, 1.82) is 0 Å². The highest BCUT2D eigenvalue weighted by Crippen LogP contribution is 2.37. The average molecular weight is 421 g/mol. The number of benzene rings is 2.